The summed E-state index contributed by atoms with van der Waals surface area (Å²) < 4.78 is 0. The molecular weight excluding hydrogens is 172 g/mol. The molecule has 1 heterocycles. The Morgan fingerprint density at radius 1 is 1.43 bits per heavy atom. The monoisotopic (exact) mass is 186 g/mol. The van der Waals surface area contributed by atoms with Crippen LogP contribution >= 0.6 is 0 Å². The number of nitriles is 1. The second-order valence-corrected chi connectivity index (χ2v) is 3.89. The van der Waals surface area contributed by atoms with Crippen molar-refractivity contribution in [3.05, 3.63) is 34.9 Å². The van der Waals surface area contributed by atoms with Gasteiger partial charge in [0.05, 0.1) is 12.6 Å². The molecule has 0 aromatic heterocycles. The van der Waals surface area contributed by atoms with E-state index >= 15 is 0 Å². The van der Waals surface area contributed by atoms with Crippen LogP contribution in [0.2, 0.25) is 0 Å². The van der Waals surface area contributed by atoms with Gasteiger partial charge in [0.25, 0.3) is 0 Å². The molecule has 2 rings (SSSR count). The van der Waals surface area contributed by atoms with E-state index in [1.807, 2.05) is 0 Å². The average molecular weight is 186 g/mol. The maximum absolute atomic E-state index is 8.63. The van der Waals surface area contributed by atoms with Crippen LogP contribution in [0.1, 0.15) is 16.7 Å². The standard InChI is InChI=1S/C12H14N2/c1-10-2-3-11-4-6-14(7-5-13)9-12(11)8-10/h2-3,8H,4,6-7,9H2,1H3. The van der Waals surface area contributed by atoms with Gasteiger partial charge in [-0.15, -0.1) is 0 Å². The molecule has 0 unspecified atom stereocenters. The summed E-state index contributed by atoms with van der Waals surface area (Å²) in [6.07, 6.45) is 1.08. The summed E-state index contributed by atoms with van der Waals surface area (Å²) in [5.41, 5.74) is 4.15. The van der Waals surface area contributed by atoms with Crippen molar-refractivity contribution in [2.75, 3.05) is 13.1 Å². The number of nitrogens with zero attached hydrogens (tertiary/aromatic N) is 2. The number of rotatable bonds is 1. The lowest BCUT2D eigenvalue weighted by atomic mass is 9.98. The third-order valence-corrected chi connectivity index (χ3v) is 2.75. The van der Waals surface area contributed by atoms with Crippen LogP contribution in [0.5, 0.6) is 0 Å². The molecule has 1 aromatic rings. The van der Waals surface area contributed by atoms with Gasteiger partial charge < -0.3 is 0 Å². The lowest BCUT2D eigenvalue weighted by Crippen LogP contribution is -2.30. The van der Waals surface area contributed by atoms with E-state index in [0.29, 0.717) is 6.54 Å². The summed E-state index contributed by atoms with van der Waals surface area (Å²) in [6, 6.07) is 8.83. The van der Waals surface area contributed by atoms with Gasteiger partial charge in [0.15, 0.2) is 0 Å². The van der Waals surface area contributed by atoms with Crippen molar-refractivity contribution in [2.24, 2.45) is 0 Å². The molecule has 14 heavy (non-hydrogen) atoms. The number of aryl methyl sites for hydroxylation is 1. The molecule has 0 N–H and O–H groups in total. The molecule has 72 valence electrons. The highest BCUT2D eigenvalue weighted by Crippen LogP contribution is 2.19. The van der Waals surface area contributed by atoms with Crippen molar-refractivity contribution in [3.63, 3.8) is 0 Å². The molecule has 0 bridgehead atoms. The molecule has 2 heteroatoms. The summed E-state index contributed by atoms with van der Waals surface area (Å²) in [5.74, 6) is 0. The molecule has 0 aliphatic carbocycles. The lowest BCUT2D eigenvalue weighted by molar-refractivity contribution is 0.285. The molecule has 0 spiro atoms. The first-order chi connectivity index (χ1) is 6.79. The SMILES string of the molecule is Cc1ccc2c(c1)CN(CC#N)CC2. The fraction of sp³-hybridized carbons (Fsp3) is 0.417. The van der Waals surface area contributed by atoms with Crippen LogP contribution in [-0.2, 0) is 13.0 Å². The van der Waals surface area contributed by atoms with Gasteiger partial charge in [-0.3, -0.25) is 4.90 Å². The van der Waals surface area contributed by atoms with Crippen LogP contribution in [0, 0.1) is 18.3 Å². The summed E-state index contributed by atoms with van der Waals surface area (Å²) in [4.78, 5) is 2.20. The molecule has 0 amide bonds. The van der Waals surface area contributed by atoms with Crippen molar-refractivity contribution in [1.82, 2.24) is 4.90 Å². The van der Waals surface area contributed by atoms with Crippen LogP contribution < -0.4 is 0 Å². The lowest BCUT2D eigenvalue weighted by Gasteiger charge is -2.26. The summed E-state index contributed by atoms with van der Waals surface area (Å²) in [6.45, 7) is 4.62. The highest BCUT2D eigenvalue weighted by Gasteiger charge is 2.15. The molecule has 0 fully saturated rings. The Morgan fingerprint density at radius 3 is 3.07 bits per heavy atom. The molecule has 0 radical (unpaired) electrons. The Labute approximate surface area is 84.8 Å². The van der Waals surface area contributed by atoms with Gasteiger partial charge in [-0.1, -0.05) is 23.8 Å². The van der Waals surface area contributed by atoms with E-state index in [1.165, 1.54) is 16.7 Å². The Bertz CT molecular complexity index is 376. The van der Waals surface area contributed by atoms with Crippen LogP contribution in [0.4, 0.5) is 0 Å². The Morgan fingerprint density at radius 2 is 2.29 bits per heavy atom. The van der Waals surface area contributed by atoms with Crippen molar-refractivity contribution >= 4 is 0 Å². The van der Waals surface area contributed by atoms with Gasteiger partial charge in [0, 0.05) is 13.1 Å². The second-order valence-electron chi connectivity index (χ2n) is 3.89. The van der Waals surface area contributed by atoms with Gasteiger partial charge in [0.2, 0.25) is 0 Å². The molecule has 2 nitrogen and oxygen atoms in total. The summed E-state index contributed by atoms with van der Waals surface area (Å²) in [7, 11) is 0. The van der Waals surface area contributed by atoms with E-state index in [4.69, 9.17) is 5.26 Å². The second kappa shape index (κ2) is 3.81. The van der Waals surface area contributed by atoms with E-state index in [1.54, 1.807) is 0 Å². The van der Waals surface area contributed by atoms with E-state index in [9.17, 15) is 0 Å². The third kappa shape index (κ3) is 1.78. The van der Waals surface area contributed by atoms with Gasteiger partial charge in [0.1, 0.15) is 0 Å². The molecule has 1 aromatic carbocycles. The quantitative estimate of drug-likeness (QED) is 0.626. The predicted octanol–water partition coefficient (Wildman–Crippen LogP) is 1.88. The van der Waals surface area contributed by atoms with Crippen molar-refractivity contribution in [2.45, 2.75) is 19.9 Å². The maximum Gasteiger partial charge on any atom is 0.0868 e. The van der Waals surface area contributed by atoms with Gasteiger partial charge in [-0.05, 0) is 24.5 Å². The normalized spacial score (nSPS) is 16.0. The Hall–Kier alpha value is -1.33. The van der Waals surface area contributed by atoms with E-state index in [2.05, 4.69) is 36.1 Å². The largest absolute Gasteiger partial charge is 0.286 e. The average Bonchev–Trinajstić information content (AvgIpc) is 2.17. The van der Waals surface area contributed by atoms with E-state index in [-0.39, 0.29) is 0 Å². The molecule has 0 atom stereocenters. The minimum atomic E-state index is 0.549. The van der Waals surface area contributed by atoms with E-state index in [0.717, 1.165) is 19.5 Å². The van der Waals surface area contributed by atoms with Crippen molar-refractivity contribution in [1.29, 1.82) is 5.26 Å². The summed E-state index contributed by atoms with van der Waals surface area (Å²) in [5, 5.41) is 8.63. The van der Waals surface area contributed by atoms with Crippen molar-refractivity contribution < 1.29 is 0 Å². The molecule has 1 aliphatic rings. The third-order valence-electron chi connectivity index (χ3n) is 2.75. The molecule has 0 saturated carbocycles. The van der Waals surface area contributed by atoms with Crippen LogP contribution in [0.25, 0.3) is 0 Å². The highest BCUT2D eigenvalue weighted by atomic mass is 15.1. The Balaban J connectivity index is 2.21. The molecular formula is C12H14N2. The highest BCUT2D eigenvalue weighted by molar-refractivity contribution is 5.33. The zero-order valence-electron chi connectivity index (χ0n) is 8.45. The first-order valence-electron chi connectivity index (χ1n) is 4.97. The Kier molecular flexibility index (Phi) is 2.51. The van der Waals surface area contributed by atoms with Gasteiger partial charge >= 0.3 is 0 Å². The van der Waals surface area contributed by atoms with Crippen molar-refractivity contribution in [3.8, 4) is 6.07 Å². The molecule has 1 aliphatic heterocycles. The predicted molar refractivity (Wildman–Crippen MR) is 55.8 cm³/mol. The number of hydrogen-bond acceptors (Lipinski definition) is 2. The molecule has 0 saturated heterocycles. The zero-order valence-corrected chi connectivity index (χ0v) is 8.45. The fourth-order valence-corrected chi connectivity index (χ4v) is 1.98. The van der Waals surface area contributed by atoms with Crippen LogP contribution in [-0.4, -0.2) is 18.0 Å². The smallest absolute Gasteiger partial charge is 0.0868 e. The minimum Gasteiger partial charge on any atom is -0.286 e. The number of fused-ring (bicyclic) bond motifs is 1. The topological polar surface area (TPSA) is 27.0 Å². The fourth-order valence-electron chi connectivity index (χ4n) is 1.98. The maximum atomic E-state index is 8.63. The van der Waals surface area contributed by atoms with Crippen LogP contribution in [0.15, 0.2) is 18.2 Å². The van der Waals surface area contributed by atoms with Crippen LogP contribution in [0.3, 0.4) is 0 Å². The first kappa shape index (κ1) is 9.23. The number of benzene rings is 1. The zero-order chi connectivity index (χ0) is 9.97. The van der Waals surface area contributed by atoms with Gasteiger partial charge in [-0.2, -0.15) is 5.26 Å². The van der Waals surface area contributed by atoms with Gasteiger partial charge in [-0.25, -0.2) is 0 Å². The number of hydrogen-bond donors (Lipinski definition) is 0. The minimum absolute atomic E-state index is 0.549. The first-order valence-corrected chi connectivity index (χ1v) is 4.97. The van der Waals surface area contributed by atoms with E-state index < -0.39 is 0 Å². The summed E-state index contributed by atoms with van der Waals surface area (Å²) >= 11 is 0.